The molecule has 3 aromatic carbocycles. The largest absolute Gasteiger partial charge is 0.508 e. The Morgan fingerprint density at radius 3 is 2.40 bits per heavy atom. The first-order valence-electron chi connectivity index (χ1n) is 10.9. The predicted molar refractivity (Wildman–Crippen MR) is 122 cm³/mol. The van der Waals surface area contributed by atoms with Gasteiger partial charge in [0.15, 0.2) is 5.58 Å². The molecule has 1 aliphatic rings. The Labute approximate surface area is 177 Å². The lowest BCUT2D eigenvalue weighted by Crippen LogP contribution is -2.25. The minimum absolute atomic E-state index is 0.0883. The monoisotopic (exact) mass is 397 g/mol. The molecule has 1 heterocycles. The number of aromatic hydroxyl groups is 1. The van der Waals surface area contributed by atoms with Gasteiger partial charge in [0, 0.05) is 11.0 Å². The van der Waals surface area contributed by atoms with E-state index in [2.05, 4.69) is 45.0 Å². The Kier molecular flexibility index (Phi) is 4.43. The van der Waals surface area contributed by atoms with Gasteiger partial charge in [-0.05, 0) is 71.8 Å². The SMILES string of the molecule is CCCC1(CCC)c2ccccc2-c2cc(O)cc(-c3nc4cc(C)ccc4o3)c21. The normalized spacial score (nSPS) is 14.1. The second-order valence-electron chi connectivity index (χ2n) is 8.53. The van der Waals surface area contributed by atoms with Gasteiger partial charge in [-0.3, -0.25) is 0 Å². The van der Waals surface area contributed by atoms with Crippen LogP contribution in [0.5, 0.6) is 5.75 Å². The van der Waals surface area contributed by atoms with E-state index in [4.69, 9.17) is 9.40 Å². The summed E-state index contributed by atoms with van der Waals surface area (Å²) in [5, 5.41) is 10.6. The fraction of sp³-hybridized carbons (Fsp3) is 0.296. The first-order chi connectivity index (χ1) is 14.6. The average Bonchev–Trinajstić information content (AvgIpc) is 3.26. The topological polar surface area (TPSA) is 46.3 Å². The van der Waals surface area contributed by atoms with Crippen LogP contribution in [-0.2, 0) is 5.41 Å². The van der Waals surface area contributed by atoms with Gasteiger partial charge in [0.1, 0.15) is 11.3 Å². The van der Waals surface area contributed by atoms with Crippen LogP contribution in [0.3, 0.4) is 0 Å². The smallest absolute Gasteiger partial charge is 0.227 e. The summed E-state index contributed by atoms with van der Waals surface area (Å²) in [5.41, 5.74) is 8.57. The van der Waals surface area contributed by atoms with E-state index in [1.54, 1.807) is 0 Å². The number of phenolic OH excluding ortho intramolecular Hbond substituents is 1. The van der Waals surface area contributed by atoms with E-state index in [1.165, 1.54) is 16.7 Å². The van der Waals surface area contributed by atoms with Gasteiger partial charge >= 0.3 is 0 Å². The number of oxazole rings is 1. The number of aromatic nitrogens is 1. The Morgan fingerprint density at radius 1 is 0.900 bits per heavy atom. The Hall–Kier alpha value is -3.07. The van der Waals surface area contributed by atoms with Crippen LogP contribution in [0.4, 0.5) is 0 Å². The highest BCUT2D eigenvalue weighted by molar-refractivity contribution is 5.89. The first-order valence-corrected chi connectivity index (χ1v) is 10.9. The molecule has 0 atom stereocenters. The molecule has 0 aliphatic heterocycles. The van der Waals surface area contributed by atoms with E-state index in [-0.39, 0.29) is 11.2 Å². The third-order valence-corrected chi connectivity index (χ3v) is 6.46. The quantitative estimate of drug-likeness (QED) is 0.382. The van der Waals surface area contributed by atoms with Crippen LogP contribution in [0.1, 0.15) is 56.2 Å². The number of phenols is 1. The Bertz CT molecular complexity index is 1250. The van der Waals surface area contributed by atoms with E-state index in [0.29, 0.717) is 5.89 Å². The molecule has 5 rings (SSSR count). The maximum atomic E-state index is 10.6. The van der Waals surface area contributed by atoms with Crippen molar-refractivity contribution in [2.24, 2.45) is 0 Å². The molecule has 4 aromatic rings. The lowest BCUT2D eigenvalue weighted by molar-refractivity contribution is 0.434. The zero-order chi connectivity index (χ0) is 20.9. The molecule has 152 valence electrons. The Balaban J connectivity index is 1.84. The third-order valence-electron chi connectivity index (χ3n) is 6.46. The molecule has 1 aliphatic carbocycles. The van der Waals surface area contributed by atoms with Gasteiger partial charge in [0.05, 0.1) is 0 Å². The fourth-order valence-corrected chi connectivity index (χ4v) is 5.44. The summed E-state index contributed by atoms with van der Waals surface area (Å²) in [7, 11) is 0. The third kappa shape index (κ3) is 2.68. The van der Waals surface area contributed by atoms with Gasteiger partial charge in [-0.1, -0.05) is 57.0 Å². The van der Waals surface area contributed by atoms with Gasteiger partial charge in [0.25, 0.3) is 0 Å². The Morgan fingerprint density at radius 2 is 1.63 bits per heavy atom. The first kappa shape index (κ1) is 18.9. The molecule has 0 radical (unpaired) electrons. The predicted octanol–water partition coefficient (Wildman–Crippen LogP) is 7.38. The van der Waals surface area contributed by atoms with Gasteiger partial charge in [-0.2, -0.15) is 0 Å². The molecule has 0 fully saturated rings. The maximum Gasteiger partial charge on any atom is 0.227 e. The number of benzene rings is 3. The van der Waals surface area contributed by atoms with Crippen LogP contribution in [0.15, 0.2) is 59.0 Å². The molecule has 30 heavy (non-hydrogen) atoms. The van der Waals surface area contributed by atoms with Gasteiger partial charge in [0.2, 0.25) is 5.89 Å². The second-order valence-corrected chi connectivity index (χ2v) is 8.53. The van der Waals surface area contributed by atoms with Gasteiger partial charge < -0.3 is 9.52 Å². The molecule has 1 N–H and O–H groups in total. The molecule has 0 unspecified atom stereocenters. The molecule has 0 saturated heterocycles. The summed E-state index contributed by atoms with van der Waals surface area (Å²) in [6, 6.07) is 18.5. The van der Waals surface area contributed by atoms with E-state index >= 15 is 0 Å². The highest BCUT2D eigenvalue weighted by atomic mass is 16.3. The summed E-state index contributed by atoms with van der Waals surface area (Å²) in [6.07, 6.45) is 4.28. The number of aryl methyl sites for hydroxylation is 1. The molecule has 1 aromatic heterocycles. The molecule has 0 amide bonds. The summed E-state index contributed by atoms with van der Waals surface area (Å²) in [4.78, 5) is 4.83. The lowest BCUT2D eigenvalue weighted by atomic mass is 9.70. The van der Waals surface area contributed by atoms with Crippen molar-refractivity contribution in [1.29, 1.82) is 0 Å². The number of hydrogen-bond donors (Lipinski definition) is 1. The molecule has 0 saturated carbocycles. The summed E-state index contributed by atoms with van der Waals surface area (Å²) in [6.45, 7) is 6.56. The maximum absolute atomic E-state index is 10.6. The van der Waals surface area contributed by atoms with Crippen LogP contribution in [-0.4, -0.2) is 10.1 Å². The van der Waals surface area contributed by atoms with Gasteiger partial charge in [-0.15, -0.1) is 0 Å². The van der Waals surface area contributed by atoms with Crippen molar-refractivity contribution in [1.82, 2.24) is 4.98 Å². The van der Waals surface area contributed by atoms with Crippen molar-refractivity contribution in [3.05, 3.63) is 71.3 Å². The average molecular weight is 398 g/mol. The minimum atomic E-state index is -0.0883. The summed E-state index contributed by atoms with van der Waals surface area (Å²) < 4.78 is 6.22. The molecule has 3 nitrogen and oxygen atoms in total. The summed E-state index contributed by atoms with van der Waals surface area (Å²) in [5.74, 6) is 0.841. The standard InChI is InChI=1S/C27H27NO2/c1-4-12-27(13-5-2)22-9-7-6-8-19(22)20-15-18(29)16-21(25(20)27)26-28-23-14-17(3)10-11-24(23)30-26/h6-11,14-16,29H,4-5,12-13H2,1-3H3. The zero-order valence-electron chi connectivity index (χ0n) is 17.8. The van der Waals surface area contributed by atoms with Crippen molar-refractivity contribution in [2.45, 2.75) is 51.9 Å². The van der Waals surface area contributed by atoms with E-state index in [9.17, 15) is 5.11 Å². The molecule has 0 bridgehead atoms. The van der Waals surface area contributed by atoms with E-state index < -0.39 is 0 Å². The molecule has 3 heteroatoms. The lowest BCUT2D eigenvalue weighted by Gasteiger charge is -2.33. The number of rotatable bonds is 5. The van der Waals surface area contributed by atoms with Crippen molar-refractivity contribution >= 4 is 11.1 Å². The number of fused-ring (bicyclic) bond motifs is 4. The zero-order valence-corrected chi connectivity index (χ0v) is 17.8. The van der Waals surface area contributed by atoms with Gasteiger partial charge in [-0.25, -0.2) is 4.98 Å². The van der Waals surface area contributed by atoms with E-state index in [1.807, 2.05) is 30.3 Å². The molecular formula is C27H27NO2. The fourth-order valence-electron chi connectivity index (χ4n) is 5.44. The minimum Gasteiger partial charge on any atom is -0.508 e. The van der Waals surface area contributed by atoms with E-state index in [0.717, 1.165) is 53.5 Å². The van der Waals surface area contributed by atoms with Crippen LogP contribution in [0.25, 0.3) is 33.7 Å². The van der Waals surface area contributed by atoms with Crippen LogP contribution < -0.4 is 0 Å². The number of nitrogens with zero attached hydrogens (tertiary/aromatic N) is 1. The highest BCUT2D eigenvalue weighted by Gasteiger charge is 2.44. The van der Waals surface area contributed by atoms with Crippen molar-refractivity contribution in [3.8, 4) is 28.3 Å². The molecular weight excluding hydrogens is 370 g/mol. The second kappa shape index (κ2) is 7.02. The van der Waals surface area contributed by atoms with Crippen LogP contribution >= 0.6 is 0 Å². The summed E-state index contributed by atoms with van der Waals surface area (Å²) >= 11 is 0. The van der Waals surface area contributed by atoms with Crippen LogP contribution in [0.2, 0.25) is 0 Å². The van der Waals surface area contributed by atoms with Crippen molar-refractivity contribution in [2.75, 3.05) is 0 Å². The van der Waals surface area contributed by atoms with Crippen molar-refractivity contribution < 1.29 is 9.52 Å². The van der Waals surface area contributed by atoms with Crippen LogP contribution in [0, 0.1) is 6.92 Å². The van der Waals surface area contributed by atoms with Crippen molar-refractivity contribution in [3.63, 3.8) is 0 Å². The highest BCUT2D eigenvalue weighted by Crippen LogP contribution is 2.57. The molecule has 0 spiro atoms. The number of hydrogen-bond acceptors (Lipinski definition) is 3.